The summed E-state index contributed by atoms with van der Waals surface area (Å²) in [5.74, 6) is -0.745. The van der Waals surface area contributed by atoms with E-state index in [1.807, 2.05) is 20.8 Å². The minimum atomic E-state index is -0.248. The third kappa shape index (κ3) is 15.1. The Bertz CT molecular complexity index is 733. The van der Waals surface area contributed by atoms with E-state index in [4.69, 9.17) is 0 Å². The summed E-state index contributed by atoms with van der Waals surface area (Å²) in [4.78, 5) is 39.5. The first kappa shape index (κ1) is 34.7. The molecule has 1 aromatic carbocycles. The fourth-order valence-electron chi connectivity index (χ4n) is 4.79. The van der Waals surface area contributed by atoms with E-state index < -0.39 is 0 Å². The molecule has 6 heteroatoms. The van der Waals surface area contributed by atoms with Gasteiger partial charge in [0.2, 0.25) is 0 Å². The van der Waals surface area contributed by atoms with Gasteiger partial charge in [-0.05, 0) is 58.2 Å². The maximum Gasteiger partial charge on any atom is 0.251 e. The lowest BCUT2D eigenvalue weighted by molar-refractivity contribution is 0.0937. The summed E-state index contributed by atoms with van der Waals surface area (Å²) in [6, 6.07) is 4.91. The first-order valence-electron chi connectivity index (χ1n) is 15.8. The highest BCUT2D eigenvalue weighted by molar-refractivity contribution is 6.04. The van der Waals surface area contributed by atoms with Gasteiger partial charge < -0.3 is 16.0 Å². The molecule has 3 atom stereocenters. The van der Waals surface area contributed by atoms with E-state index in [1.54, 1.807) is 18.2 Å². The number of unbranched alkanes of at least 4 members (excludes halogenated alkanes) is 9. The lowest BCUT2D eigenvalue weighted by Gasteiger charge is -2.18. The molecule has 0 spiro atoms. The van der Waals surface area contributed by atoms with Crippen molar-refractivity contribution in [3.63, 3.8) is 0 Å². The molecule has 0 aliphatic carbocycles. The van der Waals surface area contributed by atoms with Crippen molar-refractivity contribution in [3.8, 4) is 0 Å². The Labute approximate surface area is 238 Å². The molecule has 0 fully saturated rings. The molecule has 0 radical (unpaired) electrons. The van der Waals surface area contributed by atoms with Crippen LogP contribution in [0, 0.1) is 0 Å². The van der Waals surface area contributed by atoms with Gasteiger partial charge >= 0.3 is 0 Å². The van der Waals surface area contributed by atoms with Crippen LogP contribution in [-0.2, 0) is 0 Å². The zero-order valence-electron chi connectivity index (χ0n) is 25.8. The van der Waals surface area contributed by atoms with E-state index >= 15 is 0 Å². The first-order chi connectivity index (χ1) is 18.7. The molecule has 0 aliphatic heterocycles. The highest BCUT2D eigenvalue weighted by atomic mass is 16.2. The van der Waals surface area contributed by atoms with Gasteiger partial charge in [0.25, 0.3) is 17.7 Å². The third-order valence-electron chi connectivity index (χ3n) is 7.32. The second-order valence-corrected chi connectivity index (χ2v) is 11.5. The number of rotatable bonds is 21. The molecule has 0 saturated carbocycles. The fraction of sp³-hybridized carbons (Fsp3) is 0.727. The molecule has 3 unspecified atom stereocenters. The van der Waals surface area contributed by atoms with Crippen molar-refractivity contribution in [3.05, 3.63) is 34.9 Å². The van der Waals surface area contributed by atoms with E-state index in [2.05, 4.69) is 36.7 Å². The summed E-state index contributed by atoms with van der Waals surface area (Å²) in [7, 11) is 0. The second-order valence-electron chi connectivity index (χ2n) is 11.5. The largest absolute Gasteiger partial charge is 0.350 e. The molecular formula is C33H57N3O3. The van der Waals surface area contributed by atoms with Crippen molar-refractivity contribution in [2.24, 2.45) is 0 Å². The van der Waals surface area contributed by atoms with Crippen LogP contribution in [0.15, 0.2) is 18.2 Å². The molecule has 0 saturated heterocycles. The Morgan fingerprint density at radius 2 is 0.744 bits per heavy atom. The minimum absolute atomic E-state index is 0.0235. The van der Waals surface area contributed by atoms with Crippen LogP contribution in [0.2, 0.25) is 0 Å². The number of nitrogens with one attached hydrogen (secondary N) is 3. The van der Waals surface area contributed by atoms with Gasteiger partial charge in [0, 0.05) is 34.8 Å². The summed E-state index contributed by atoms with van der Waals surface area (Å²) < 4.78 is 0. The molecule has 3 N–H and O–H groups in total. The van der Waals surface area contributed by atoms with Crippen molar-refractivity contribution >= 4 is 17.7 Å². The van der Waals surface area contributed by atoms with Gasteiger partial charge in [-0.15, -0.1) is 0 Å². The van der Waals surface area contributed by atoms with E-state index in [0.29, 0.717) is 16.7 Å². The molecule has 0 aliphatic rings. The quantitative estimate of drug-likeness (QED) is 0.137. The van der Waals surface area contributed by atoms with Gasteiger partial charge in [-0.25, -0.2) is 0 Å². The van der Waals surface area contributed by atoms with Gasteiger partial charge in [-0.2, -0.15) is 0 Å². The molecule has 6 nitrogen and oxygen atoms in total. The molecule has 1 aromatic rings. The smallest absolute Gasteiger partial charge is 0.251 e. The molecule has 39 heavy (non-hydrogen) atoms. The van der Waals surface area contributed by atoms with Crippen LogP contribution in [0.5, 0.6) is 0 Å². The zero-order valence-corrected chi connectivity index (χ0v) is 25.8. The van der Waals surface area contributed by atoms with Crippen LogP contribution in [0.3, 0.4) is 0 Å². The van der Waals surface area contributed by atoms with E-state index in [-0.39, 0.29) is 35.8 Å². The van der Waals surface area contributed by atoms with Crippen LogP contribution >= 0.6 is 0 Å². The molecule has 3 amide bonds. The summed E-state index contributed by atoms with van der Waals surface area (Å²) in [6.45, 7) is 12.6. The maximum atomic E-state index is 13.2. The number of hydrogen-bond acceptors (Lipinski definition) is 3. The van der Waals surface area contributed by atoms with Crippen molar-refractivity contribution in [1.29, 1.82) is 0 Å². The second kappa shape index (κ2) is 20.5. The lowest BCUT2D eigenvalue weighted by atomic mass is 10.0. The standard InChI is InChI=1S/C33H57N3O3/c1-7-10-13-16-19-25(4)34-31(37)28-22-29(32(38)35-26(5)20-17-14-11-8-2)24-30(23-28)33(39)36-27(6)21-18-15-12-9-3/h22-27H,7-21H2,1-6H3,(H,34,37)(H,35,38)(H,36,39). The third-order valence-corrected chi connectivity index (χ3v) is 7.32. The molecule has 0 heterocycles. The van der Waals surface area contributed by atoms with Crippen molar-refractivity contribution in [2.45, 2.75) is 156 Å². The Balaban J connectivity index is 3.00. The van der Waals surface area contributed by atoms with Crippen LogP contribution < -0.4 is 16.0 Å². The molecular weight excluding hydrogens is 486 g/mol. The predicted molar refractivity (Wildman–Crippen MR) is 164 cm³/mol. The van der Waals surface area contributed by atoms with Gasteiger partial charge in [0.15, 0.2) is 0 Å². The van der Waals surface area contributed by atoms with E-state index in [1.165, 1.54) is 38.5 Å². The Kier molecular flexibility index (Phi) is 18.2. The van der Waals surface area contributed by atoms with E-state index in [0.717, 1.165) is 57.8 Å². The van der Waals surface area contributed by atoms with Crippen LogP contribution in [0.1, 0.15) is 169 Å². The molecule has 222 valence electrons. The van der Waals surface area contributed by atoms with Gasteiger partial charge in [0.1, 0.15) is 0 Å². The average molecular weight is 544 g/mol. The summed E-state index contributed by atoms with van der Waals surface area (Å²) in [5, 5.41) is 9.19. The summed E-state index contributed by atoms with van der Waals surface area (Å²) >= 11 is 0. The zero-order chi connectivity index (χ0) is 29.0. The Morgan fingerprint density at radius 3 is 0.974 bits per heavy atom. The number of carbonyl (C=O) groups excluding carboxylic acids is 3. The summed E-state index contributed by atoms with van der Waals surface area (Å²) in [5.41, 5.74) is 1.04. The minimum Gasteiger partial charge on any atom is -0.350 e. The first-order valence-corrected chi connectivity index (χ1v) is 15.8. The molecule has 0 bridgehead atoms. The topological polar surface area (TPSA) is 87.3 Å². The van der Waals surface area contributed by atoms with Crippen LogP contribution in [0.25, 0.3) is 0 Å². The van der Waals surface area contributed by atoms with Crippen molar-refractivity contribution in [1.82, 2.24) is 16.0 Å². The monoisotopic (exact) mass is 543 g/mol. The van der Waals surface area contributed by atoms with Gasteiger partial charge in [-0.3, -0.25) is 14.4 Å². The number of amides is 3. The average Bonchev–Trinajstić information content (AvgIpc) is 2.91. The molecule has 1 rings (SSSR count). The normalized spacial score (nSPS) is 13.4. The Hall–Kier alpha value is -2.37. The maximum absolute atomic E-state index is 13.2. The van der Waals surface area contributed by atoms with Gasteiger partial charge in [-0.1, -0.05) is 97.8 Å². The highest BCUT2D eigenvalue weighted by Gasteiger charge is 2.19. The highest BCUT2D eigenvalue weighted by Crippen LogP contribution is 2.15. The Morgan fingerprint density at radius 1 is 0.487 bits per heavy atom. The fourth-order valence-corrected chi connectivity index (χ4v) is 4.79. The number of carbonyl (C=O) groups is 3. The van der Waals surface area contributed by atoms with Gasteiger partial charge in [0.05, 0.1) is 0 Å². The number of benzene rings is 1. The number of hydrogen-bond donors (Lipinski definition) is 3. The van der Waals surface area contributed by atoms with Crippen molar-refractivity contribution in [2.75, 3.05) is 0 Å². The van der Waals surface area contributed by atoms with Crippen molar-refractivity contribution < 1.29 is 14.4 Å². The lowest BCUT2D eigenvalue weighted by Crippen LogP contribution is -2.36. The van der Waals surface area contributed by atoms with Crippen LogP contribution in [-0.4, -0.2) is 35.8 Å². The summed E-state index contributed by atoms with van der Waals surface area (Å²) in [6.07, 6.45) is 16.5. The predicted octanol–water partition coefficient (Wildman–Crippen LogP) is 7.95. The van der Waals surface area contributed by atoms with E-state index in [9.17, 15) is 14.4 Å². The SMILES string of the molecule is CCCCCCC(C)NC(=O)c1cc(C(=O)NC(C)CCCCCC)cc(C(=O)NC(C)CCCCCC)c1. The van der Waals surface area contributed by atoms with Crippen LogP contribution in [0.4, 0.5) is 0 Å². The molecule has 0 aromatic heterocycles.